The van der Waals surface area contributed by atoms with Gasteiger partial charge < -0.3 is 9.38 Å². The monoisotopic (exact) mass is 752 g/mol. The molecule has 3 heteroatoms. The third-order valence-electron chi connectivity index (χ3n) is 14.3. The van der Waals surface area contributed by atoms with E-state index in [0.717, 1.165) is 5.69 Å². The minimum atomic E-state index is -0.194. The predicted octanol–water partition coefficient (Wildman–Crippen LogP) is 13.0. The van der Waals surface area contributed by atoms with E-state index in [-0.39, 0.29) is 17.7 Å². The summed E-state index contributed by atoms with van der Waals surface area (Å²) in [6.07, 6.45) is 0. The molecular formula is C56H41BN2. The lowest BCUT2D eigenvalue weighted by atomic mass is 9.44. The van der Waals surface area contributed by atoms with Gasteiger partial charge in [0.1, 0.15) is 0 Å². The molecule has 59 heavy (non-hydrogen) atoms. The highest BCUT2D eigenvalue weighted by Gasteiger charge is 2.51. The van der Waals surface area contributed by atoms with Crippen LogP contribution in [-0.4, -0.2) is 11.3 Å². The number of benzene rings is 8. The molecule has 0 spiro atoms. The summed E-state index contributed by atoms with van der Waals surface area (Å²) in [4.78, 5) is 2.58. The molecule has 0 saturated carbocycles. The van der Waals surface area contributed by atoms with Crippen LogP contribution >= 0.6 is 0 Å². The summed E-state index contributed by atoms with van der Waals surface area (Å²) in [6, 6.07) is 66.2. The van der Waals surface area contributed by atoms with Gasteiger partial charge in [-0.15, -0.1) is 0 Å². The summed E-state index contributed by atoms with van der Waals surface area (Å²) >= 11 is 0. The molecule has 0 saturated heterocycles. The van der Waals surface area contributed by atoms with Crippen LogP contribution in [-0.2, 0) is 10.8 Å². The topological polar surface area (TPSA) is 8.17 Å². The van der Waals surface area contributed by atoms with Crippen LogP contribution in [0.2, 0.25) is 0 Å². The van der Waals surface area contributed by atoms with Crippen LogP contribution in [0.4, 0.5) is 17.1 Å². The van der Waals surface area contributed by atoms with Gasteiger partial charge in [0.05, 0.1) is 0 Å². The minimum Gasteiger partial charge on any atom is -0.375 e. The molecular weight excluding hydrogens is 711 g/mol. The second-order valence-corrected chi connectivity index (χ2v) is 18.0. The molecule has 2 aliphatic heterocycles. The fraction of sp³-hybridized carbons (Fsp3) is 0.107. The van der Waals surface area contributed by atoms with Gasteiger partial charge >= 0.3 is 6.85 Å². The van der Waals surface area contributed by atoms with Crippen molar-refractivity contribution in [2.24, 2.45) is 0 Å². The van der Waals surface area contributed by atoms with Crippen LogP contribution in [0.1, 0.15) is 49.9 Å². The van der Waals surface area contributed by atoms with Gasteiger partial charge in [-0.3, -0.25) is 0 Å². The summed E-state index contributed by atoms with van der Waals surface area (Å²) in [5, 5.41) is 1.37. The number of hydrogen-bond donors (Lipinski definition) is 0. The zero-order valence-electron chi connectivity index (χ0n) is 33.7. The van der Waals surface area contributed by atoms with E-state index in [2.05, 4.69) is 213 Å². The molecule has 0 fully saturated rings. The normalized spacial score (nSPS) is 15.3. The first-order valence-corrected chi connectivity index (χ1v) is 21.1. The first-order chi connectivity index (χ1) is 28.8. The molecule has 0 atom stereocenters. The summed E-state index contributed by atoms with van der Waals surface area (Å²) < 4.78 is 2.78. The fourth-order valence-electron chi connectivity index (χ4n) is 11.8. The molecule has 0 unspecified atom stereocenters. The van der Waals surface area contributed by atoms with E-state index < -0.39 is 0 Å². The molecule has 4 aliphatic rings. The molecule has 0 amide bonds. The molecule has 2 nitrogen and oxygen atoms in total. The Balaban J connectivity index is 1.20. The molecule has 3 heterocycles. The number of aromatic nitrogens is 1. The molecule has 13 rings (SSSR count). The van der Waals surface area contributed by atoms with Crippen molar-refractivity contribution in [1.82, 2.24) is 4.48 Å². The lowest BCUT2D eigenvalue weighted by Gasteiger charge is -2.42. The number of para-hydroxylation sites is 1. The summed E-state index contributed by atoms with van der Waals surface area (Å²) in [5.74, 6) is 0. The molecule has 2 aliphatic carbocycles. The Labute approximate surface area is 346 Å². The third-order valence-corrected chi connectivity index (χ3v) is 14.3. The molecule has 278 valence electrons. The molecule has 0 bridgehead atoms. The average Bonchev–Trinajstić information content (AvgIpc) is 3.84. The Kier molecular flexibility index (Phi) is 6.42. The zero-order chi connectivity index (χ0) is 39.4. The van der Waals surface area contributed by atoms with Crippen molar-refractivity contribution in [1.29, 1.82) is 0 Å². The first kappa shape index (κ1) is 33.2. The number of rotatable bonds is 3. The lowest BCUT2D eigenvalue weighted by Crippen LogP contribution is -2.57. The maximum absolute atomic E-state index is 2.78. The maximum atomic E-state index is 2.78. The second-order valence-electron chi connectivity index (χ2n) is 18.0. The summed E-state index contributed by atoms with van der Waals surface area (Å²) in [7, 11) is 0. The zero-order valence-corrected chi connectivity index (χ0v) is 33.7. The number of nitrogens with zero attached hydrogens (tertiary/aromatic N) is 2. The maximum Gasteiger partial charge on any atom is 0.333 e. The average molecular weight is 753 g/mol. The minimum absolute atomic E-state index is 0.0496. The van der Waals surface area contributed by atoms with E-state index in [1.165, 1.54) is 111 Å². The van der Waals surface area contributed by atoms with Crippen molar-refractivity contribution in [2.75, 3.05) is 4.90 Å². The van der Waals surface area contributed by atoms with Gasteiger partial charge in [0, 0.05) is 55.6 Å². The summed E-state index contributed by atoms with van der Waals surface area (Å²) in [5.41, 5.74) is 26.2. The van der Waals surface area contributed by atoms with Crippen molar-refractivity contribution in [3.8, 4) is 55.8 Å². The largest absolute Gasteiger partial charge is 0.375 e. The molecule has 8 aromatic carbocycles. The smallest absolute Gasteiger partial charge is 0.333 e. The highest BCUT2D eigenvalue weighted by molar-refractivity contribution is 6.90. The van der Waals surface area contributed by atoms with Crippen molar-refractivity contribution in [2.45, 2.75) is 38.5 Å². The van der Waals surface area contributed by atoms with Gasteiger partial charge in [-0.2, -0.15) is 0 Å². The highest BCUT2D eigenvalue weighted by atomic mass is 15.2. The van der Waals surface area contributed by atoms with Gasteiger partial charge in [-0.25, -0.2) is 0 Å². The van der Waals surface area contributed by atoms with Crippen LogP contribution in [0.25, 0.3) is 66.7 Å². The number of anilines is 3. The quantitative estimate of drug-likeness (QED) is 0.163. The van der Waals surface area contributed by atoms with E-state index in [1.54, 1.807) is 0 Å². The number of fused-ring (bicyclic) bond motifs is 13. The third kappa shape index (κ3) is 4.17. The lowest BCUT2D eigenvalue weighted by molar-refractivity contribution is 0.662. The van der Waals surface area contributed by atoms with Crippen LogP contribution in [0.3, 0.4) is 0 Å². The fourth-order valence-corrected chi connectivity index (χ4v) is 11.8. The number of hydrogen-bond acceptors (Lipinski definition) is 1. The van der Waals surface area contributed by atoms with Gasteiger partial charge in [0.2, 0.25) is 0 Å². The van der Waals surface area contributed by atoms with Gasteiger partial charge in [-0.1, -0.05) is 179 Å². The van der Waals surface area contributed by atoms with Crippen molar-refractivity contribution < 1.29 is 0 Å². The van der Waals surface area contributed by atoms with Gasteiger partial charge in [0.15, 0.2) is 0 Å². The van der Waals surface area contributed by atoms with Crippen LogP contribution in [0.5, 0.6) is 0 Å². The Morgan fingerprint density at radius 2 is 1.02 bits per heavy atom. The molecule has 9 aromatic rings. The Hall–Kier alpha value is -6.84. The Morgan fingerprint density at radius 3 is 1.75 bits per heavy atom. The SMILES string of the molecule is CC1(C)c2ccccc2-c2cc3c4c(c21)-c1cccc2c5c(n(c12)B4c1cc(-c2ccccc2)ccc1N3c1ccc(-c2ccccc2)cc1)-c1ccccc1C5(C)C. The Morgan fingerprint density at radius 1 is 0.441 bits per heavy atom. The van der Waals surface area contributed by atoms with E-state index in [4.69, 9.17) is 0 Å². The standard InChI is InChI=1S/C56H41BN2/c1-55(2)44-24-13-11-20-39(44)43-33-48-52-49(50(43)55)41-22-15-23-42-51-54(40-21-12-14-25-45(40)56(51,3)4)59(53(41)42)57(52)46-32-37(35-18-9-6-10-19-35)28-31-47(46)58(48)38-29-26-36(27-30-38)34-16-7-5-8-17-34/h5-33H,1-4H3. The van der Waals surface area contributed by atoms with Gasteiger partial charge in [0.25, 0.3) is 0 Å². The van der Waals surface area contributed by atoms with E-state index >= 15 is 0 Å². The molecule has 0 N–H and O–H groups in total. The van der Waals surface area contributed by atoms with E-state index in [1.807, 2.05) is 0 Å². The highest BCUT2D eigenvalue weighted by Crippen LogP contribution is 2.59. The van der Waals surface area contributed by atoms with E-state index in [9.17, 15) is 0 Å². The molecule has 1 aromatic heterocycles. The van der Waals surface area contributed by atoms with Crippen LogP contribution in [0, 0.1) is 0 Å². The van der Waals surface area contributed by atoms with Crippen molar-refractivity contribution in [3.63, 3.8) is 0 Å². The van der Waals surface area contributed by atoms with E-state index in [0.29, 0.717) is 0 Å². The van der Waals surface area contributed by atoms with Crippen LogP contribution in [0.15, 0.2) is 176 Å². The second kappa shape index (κ2) is 11.4. The van der Waals surface area contributed by atoms with Crippen molar-refractivity contribution in [3.05, 3.63) is 198 Å². The summed E-state index contributed by atoms with van der Waals surface area (Å²) in [6.45, 7) is 9.72. The Bertz CT molecular complexity index is 3260. The van der Waals surface area contributed by atoms with Gasteiger partial charge in [-0.05, 0) is 96.4 Å². The van der Waals surface area contributed by atoms with Crippen LogP contribution < -0.4 is 15.8 Å². The van der Waals surface area contributed by atoms with Crippen molar-refractivity contribution >= 4 is 45.7 Å². The predicted molar refractivity (Wildman–Crippen MR) is 248 cm³/mol. The molecule has 0 radical (unpaired) electrons. The first-order valence-electron chi connectivity index (χ1n) is 21.1.